The van der Waals surface area contributed by atoms with Gasteiger partial charge in [0.25, 0.3) is 5.91 Å². The molecule has 3 rings (SSSR count). The molecule has 1 aromatic carbocycles. The average molecular weight is 618 g/mol. The van der Waals surface area contributed by atoms with Crippen LogP contribution in [0.2, 0.25) is 0 Å². The minimum absolute atomic E-state index is 0.0481. The Balaban J connectivity index is 1.86. The van der Waals surface area contributed by atoms with Crippen LogP contribution >= 0.6 is 0 Å². The first-order valence-corrected chi connectivity index (χ1v) is 16.4. The van der Waals surface area contributed by atoms with Crippen LogP contribution in [-0.4, -0.2) is 96.6 Å². The molecular formula is C33H55N5O6. The van der Waals surface area contributed by atoms with Gasteiger partial charge in [0.15, 0.2) is 0 Å². The van der Waals surface area contributed by atoms with Crippen LogP contribution in [0.3, 0.4) is 0 Å². The van der Waals surface area contributed by atoms with Gasteiger partial charge in [-0.25, -0.2) is 9.59 Å². The fourth-order valence-corrected chi connectivity index (χ4v) is 5.78. The van der Waals surface area contributed by atoms with Gasteiger partial charge in [-0.05, 0) is 78.0 Å². The molecule has 44 heavy (non-hydrogen) atoms. The molecule has 0 spiro atoms. The van der Waals surface area contributed by atoms with Gasteiger partial charge in [0.1, 0.15) is 5.75 Å². The summed E-state index contributed by atoms with van der Waals surface area (Å²) in [5, 5.41) is 18.9. The normalized spacial score (nSPS) is 23.1. The number of anilines is 1. The largest absolute Gasteiger partial charge is 0.490 e. The lowest BCUT2D eigenvalue weighted by atomic mass is 9.96. The molecule has 0 saturated heterocycles. The summed E-state index contributed by atoms with van der Waals surface area (Å²) < 4.78 is 12.6. The summed E-state index contributed by atoms with van der Waals surface area (Å²) in [5.74, 6) is -0.0287. The van der Waals surface area contributed by atoms with Gasteiger partial charge in [-0.3, -0.25) is 4.79 Å². The summed E-state index contributed by atoms with van der Waals surface area (Å²) in [6, 6.07) is 4.28. The number of urea groups is 2. The van der Waals surface area contributed by atoms with Crippen molar-refractivity contribution < 1.29 is 29.0 Å². The van der Waals surface area contributed by atoms with E-state index in [9.17, 15) is 19.5 Å². The number of fused-ring (bicyclic) bond motifs is 1. The van der Waals surface area contributed by atoms with Gasteiger partial charge in [-0.15, -0.1) is 0 Å². The van der Waals surface area contributed by atoms with E-state index >= 15 is 0 Å². The van der Waals surface area contributed by atoms with Crippen LogP contribution in [0.25, 0.3) is 0 Å². The monoisotopic (exact) mass is 617 g/mol. The van der Waals surface area contributed by atoms with E-state index in [0.717, 1.165) is 44.9 Å². The van der Waals surface area contributed by atoms with Crippen LogP contribution < -0.4 is 20.7 Å². The maximum atomic E-state index is 14.2. The van der Waals surface area contributed by atoms with E-state index in [1.807, 2.05) is 27.7 Å². The summed E-state index contributed by atoms with van der Waals surface area (Å²) in [7, 11) is 1.79. The third kappa shape index (κ3) is 10.8. The Morgan fingerprint density at radius 3 is 2.45 bits per heavy atom. The number of likely N-dealkylation sites (N-methyl/N-ethyl adjacent to an activating group) is 1. The number of nitrogens with zero attached hydrogens (tertiary/aromatic N) is 2. The van der Waals surface area contributed by atoms with Crippen LogP contribution in [-0.2, 0) is 4.74 Å². The quantitative estimate of drug-likeness (QED) is 0.341. The smallest absolute Gasteiger partial charge is 0.319 e. The Hall–Kier alpha value is -3.05. The van der Waals surface area contributed by atoms with Crippen LogP contribution in [0, 0.1) is 5.92 Å². The highest BCUT2D eigenvalue weighted by Crippen LogP contribution is 2.28. The summed E-state index contributed by atoms with van der Waals surface area (Å²) in [4.78, 5) is 43.0. The second-order valence-electron chi connectivity index (χ2n) is 12.9. The fraction of sp³-hybridized carbons (Fsp3) is 0.727. The molecule has 248 valence electrons. The number of hydrogen-bond acceptors (Lipinski definition) is 6. The van der Waals surface area contributed by atoms with Crippen molar-refractivity contribution in [3.63, 3.8) is 0 Å². The summed E-state index contributed by atoms with van der Waals surface area (Å²) in [5.41, 5.74) is 0.772. The van der Waals surface area contributed by atoms with E-state index < -0.39 is 6.04 Å². The zero-order valence-corrected chi connectivity index (χ0v) is 27.6. The SMILES string of the molecule is CC(C)NC(=O)Nc1ccc2c(c1)C(=O)N([C@@H](C)CO)C[C@@H](C)[C@H](CN(C)C(=O)NC1CCCCC1)OCCCC[C@H](C)O2. The molecule has 11 nitrogen and oxygen atoms in total. The van der Waals surface area contributed by atoms with Crippen molar-refractivity contribution in [2.45, 2.75) is 116 Å². The van der Waals surface area contributed by atoms with Crippen LogP contribution in [0.4, 0.5) is 15.3 Å². The number of hydrogen-bond donors (Lipinski definition) is 4. The van der Waals surface area contributed by atoms with Crippen LogP contribution in [0.1, 0.15) is 96.3 Å². The predicted molar refractivity (Wildman–Crippen MR) is 172 cm³/mol. The fourth-order valence-electron chi connectivity index (χ4n) is 5.78. The maximum Gasteiger partial charge on any atom is 0.319 e. The Morgan fingerprint density at radius 2 is 1.77 bits per heavy atom. The molecule has 1 fully saturated rings. The molecule has 2 aliphatic rings. The molecule has 5 amide bonds. The molecule has 1 heterocycles. The minimum atomic E-state index is -0.489. The molecule has 1 aliphatic heterocycles. The van der Waals surface area contributed by atoms with E-state index in [1.54, 1.807) is 42.0 Å². The van der Waals surface area contributed by atoms with Crippen molar-refractivity contribution in [2.75, 3.05) is 38.7 Å². The molecule has 1 aromatic rings. The van der Waals surface area contributed by atoms with Crippen molar-refractivity contribution in [1.29, 1.82) is 0 Å². The summed E-state index contributed by atoms with van der Waals surface area (Å²) in [6.45, 7) is 10.5. The molecule has 11 heteroatoms. The van der Waals surface area contributed by atoms with Crippen molar-refractivity contribution in [3.8, 4) is 5.75 Å². The third-order valence-electron chi connectivity index (χ3n) is 8.46. The molecular weight excluding hydrogens is 562 g/mol. The second-order valence-corrected chi connectivity index (χ2v) is 12.9. The number of carbonyl (C=O) groups is 3. The number of aliphatic hydroxyl groups excluding tert-OH is 1. The lowest BCUT2D eigenvalue weighted by Gasteiger charge is -2.36. The highest BCUT2D eigenvalue weighted by molar-refractivity contribution is 5.99. The van der Waals surface area contributed by atoms with Crippen LogP contribution in [0.15, 0.2) is 18.2 Å². The van der Waals surface area contributed by atoms with Gasteiger partial charge in [0.2, 0.25) is 0 Å². The Morgan fingerprint density at radius 1 is 1.07 bits per heavy atom. The highest BCUT2D eigenvalue weighted by atomic mass is 16.5. The number of rotatable bonds is 7. The number of amides is 5. The molecule has 0 aromatic heterocycles. The van der Waals surface area contributed by atoms with Crippen molar-refractivity contribution >= 4 is 23.7 Å². The van der Waals surface area contributed by atoms with Crippen LogP contribution in [0.5, 0.6) is 5.75 Å². The van der Waals surface area contributed by atoms with E-state index in [2.05, 4.69) is 16.0 Å². The van der Waals surface area contributed by atoms with Crippen molar-refractivity contribution in [1.82, 2.24) is 20.4 Å². The first kappa shape index (κ1) is 35.4. The summed E-state index contributed by atoms with van der Waals surface area (Å²) in [6.07, 6.45) is 7.54. The first-order valence-electron chi connectivity index (χ1n) is 16.4. The van der Waals surface area contributed by atoms with Crippen molar-refractivity contribution in [3.05, 3.63) is 23.8 Å². The number of aliphatic hydroxyl groups is 1. The van der Waals surface area contributed by atoms with Crippen molar-refractivity contribution in [2.24, 2.45) is 5.92 Å². The first-order chi connectivity index (χ1) is 21.0. The Bertz CT molecular complexity index is 1080. The standard InChI is InChI=1S/C33H55N5O6/c1-22(2)34-32(41)35-27-15-16-29-28(18-27)31(40)38(24(4)21-39)19-23(3)30(43-17-11-10-12-25(5)44-29)20-37(6)33(42)36-26-13-8-7-9-14-26/h15-16,18,22-26,30,39H,7-14,17,19-21H2,1-6H3,(H,36,42)(H2,34,35,41)/t23-,24+,25+,30+/m1/s1. The number of benzene rings is 1. The van der Waals surface area contributed by atoms with Gasteiger partial charge >= 0.3 is 12.1 Å². The second kappa shape index (κ2) is 17.4. The maximum absolute atomic E-state index is 14.2. The van der Waals surface area contributed by atoms with Gasteiger partial charge < -0.3 is 40.3 Å². The zero-order valence-electron chi connectivity index (χ0n) is 27.6. The van der Waals surface area contributed by atoms with Gasteiger partial charge in [0.05, 0.1) is 30.4 Å². The third-order valence-corrected chi connectivity index (χ3v) is 8.46. The van der Waals surface area contributed by atoms with E-state index in [1.165, 1.54) is 6.42 Å². The molecule has 0 bridgehead atoms. The Kier molecular flexibility index (Phi) is 14.0. The highest BCUT2D eigenvalue weighted by Gasteiger charge is 2.31. The van der Waals surface area contributed by atoms with E-state index in [4.69, 9.17) is 9.47 Å². The number of ether oxygens (including phenoxy) is 2. The van der Waals surface area contributed by atoms with E-state index in [-0.39, 0.29) is 54.8 Å². The number of nitrogens with one attached hydrogen (secondary N) is 3. The van der Waals surface area contributed by atoms with Gasteiger partial charge in [0, 0.05) is 50.4 Å². The molecule has 4 atom stereocenters. The minimum Gasteiger partial charge on any atom is -0.490 e. The topological polar surface area (TPSA) is 132 Å². The lowest BCUT2D eigenvalue weighted by Crippen LogP contribution is -2.50. The molecule has 1 saturated carbocycles. The zero-order chi connectivity index (χ0) is 32.2. The predicted octanol–water partition coefficient (Wildman–Crippen LogP) is 4.99. The molecule has 4 N–H and O–H groups in total. The number of carbonyl (C=O) groups excluding carboxylic acids is 3. The van der Waals surface area contributed by atoms with Gasteiger partial charge in [-0.2, -0.15) is 0 Å². The Labute approximate surface area is 263 Å². The van der Waals surface area contributed by atoms with Gasteiger partial charge in [-0.1, -0.05) is 26.2 Å². The average Bonchev–Trinajstić information content (AvgIpc) is 2.98. The molecule has 0 radical (unpaired) electrons. The molecule has 0 unspecified atom stereocenters. The van der Waals surface area contributed by atoms with E-state index in [0.29, 0.717) is 36.7 Å². The summed E-state index contributed by atoms with van der Waals surface area (Å²) >= 11 is 0. The lowest BCUT2D eigenvalue weighted by molar-refractivity contribution is -0.0123. The molecule has 1 aliphatic carbocycles.